The van der Waals surface area contributed by atoms with Gasteiger partial charge in [0.1, 0.15) is 0 Å². The van der Waals surface area contributed by atoms with Crippen molar-refractivity contribution in [2.75, 3.05) is 0 Å². The van der Waals surface area contributed by atoms with Gasteiger partial charge in [0, 0.05) is 66.6 Å². The second kappa shape index (κ2) is 7.87. The Balaban J connectivity index is 1.36. The Morgan fingerprint density at radius 3 is 1.91 bits per heavy atom. The van der Waals surface area contributed by atoms with E-state index in [1.54, 1.807) is 12.4 Å². The van der Waals surface area contributed by atoms with Gasteiger partial charge in [-0.25, -0.2) is 0 Å². The van der Waals surface area contributed by atoms with Crippen molar-refractivity contribution in [3.8, 4) is 28.2 Å². The van der Waals surface area contributed by atoms with Crippen molar-refractivity contribution < 1.29 is 0 Å². The first-order valence-corrected chi connectivity index (χ1v) is 15.8. The Hall–Kier alpha value is -6.26. The van der Waals surface area contributed by atoms with E-state index in [-0.39, 0.29) is 0 Å². The molecule has 0 amide bonds. The first-order chi connectivity index (χ1) is 22.8. The highest BCUT2D eigenvalue weighted by Crippen LogP contribution is 2.50. The van der Waals surface area contributed by atoms with Crippen molar-refractivity contribution in [2.24, 2.45) is 0 Å². The second-order valence-electron chi connectivity index (χ2n) is 12.6. The minimum absolute atomic E-state index is 0.966. The van der Waals surface area contributed by atoms with E-state index in [2.05, 4.69) is 130 Å². The van der Waals surface area contributed by atoms with Gasteiger partial charge < -0.3 is 8.97 Å². The minimum atomic E-state index is 0.966. The van der Waals surface area contributed by atoms with Gasteiger partial charge in [-0.05, 0) is 53.2 Å². The number of hydrogen-bond donors (Lipinski definition) is 0. The summed E-state index contributed by atoms with van der Waals surface area (Å²) in [6, 6.07) is 44.9. The Morgan fingerprint density at radius 2 is 1.09 bits per heavy atom. The fourth-order valence-corrected chi connectivity index (χ4v) is 8.67. The summed E-state index contributed by atoms with van der Waals surface area (Å²) in [7, 11) is 0. The summed E-state index contributed by atoms with van der Waals surface area (Å²) in [5, 5.41) is 12.7. The van der Waals surface area contributed by atoms with Crippen LogP contribution in [0.15, 0.2) is 134 Å². The second-order valence-corrected chi connectivity index (χ2v) is 12.6. The quantitative estimate of drug-likeness (QED) is 0.193. The average molecular weight is 583 g/mol. The summed E-state index contributed by atoms with van der Waals surface area (Å²) in [6.07, 6.45) is 3.59. The summed E-state index contributed by atoms with van der Waals surface area (Å²) >= 11 is 0. The maximum absolute atomic E-state index is 4.76. The molecule has 0 saturated carbocycles. The van der Waals surface area contributed by atoms with Crippen LogP contribution in [0.4, 0.5) is 0 Å². The number of fused-ring (bicyclic) bond motifs is 14. The molecule has 1 aliphatic carbocycles. The molecule has 0 bridgehead atoms. The van der Waals surface area contributed by atoms with E-state index in [1.165, 1.54) is 87.1 Å². The number of nitrogens with zero attached hydrogens (tertiary/aromatic N) is 4. The van der Waals surface area contributed by atoms with Crippen LogP contribution in [0.2, 0.25) is 0 Å². The van der Waals surface area contributed by atoms with E-state index in [4.69, 9.17) is 9.97 Å². The number of hydrogen-bond acceptors (Lipinski definition) is 2. The van der Waals surface area contributed by atoms with E-state index in [0.717, 1.165) is 22.5 Å². The van der Waals surface area contributed by atoms with E-state index < -0.39 is 0 Å². The molecule has 4 aromatic heterocycles. The molecule has 4 heterocycles. The lowest BCUT2D eigenvalue weighted by atomic mass is 10.0. The zero-order valence-corrected chi connectivity index (χ0v) is 24.5. The molecule has 0 atom stereocenters. The van der Waals surface area contributed by atoms with Crippen LogP contribution >= 0.6 is 0 Å². The highest BCUT2D eigenvalue weighted by Gasteiger charge is 2.28. The zero-order chi connectivity index (χ0) is 29.7. The smallest absolute Gasteiger partial charge is 0.0971 e. The molecule has 7 aromatic carbocycles. The molecular formula is C42H22N4. The lowest BCUT2D eigenvalue weighted by Crippen LogP contribution is -1.96. The van der Waals surface area contributed by atoms with Crippen molar-refractivity contribution in [1.82, 2.24) is 18.9 Å². The van der Waals surface area contributed by atoms with Crippen LogP contribution in [0.25, 0.3) is 110 Å². The summed E-state index contributed by atoms with van der Waals surface area (Å²) < 4.78 is 5.00. The van der Waals surface area contributed by atoms with Crippen molar-refractivity contribution in [2.45, 2.75) is 0 Å². The number of rotatable bonds is 1. The third-order valence-electron chi connectivity index (χ3n) is 10.4. The Bertz CT molecular complexity index is 3110. The first-order valence-electron chi connectivity index (χ1n) is 15.8. The molecule has 0 unspecified atom stereocenters. The van der Waals surface area contributed by atoms with Gasteiger partial charge in [-0.15, -0.1) is 0 Å². The minimum Gasteiger partial charge on any atom is -0.309 e. The van der Waals surface area contributed by atoms with Gasteiger partial charge in [0.05, 0.1) is 44.7 Å². The van der Waals surface area contributed by atoms with Crippen LogP contribution in [-0.4, -0.2) is 18.9 Å². The van der Waals surface area contributed by atoms with Crippen molar-refractivity contribution in [3.05, 3.63) is 134 Å². The van der Waals surface area contributed by atoms with E-state index in [0.29, 0.717) is 0 Å². The third-order valence-corrected chi connectivity index (χ3v) is 10.4. The van der Waals surface area contributed by atoms with Crippen LogP contribution in [0, 0.1) is 0 Å². The molecule has 46 heavy (non-hydrogen) atoms. The molecule has 0 fully saturated rings. The molecule has 0 spiro atoms. The summed E-state index contributed by atoms with van der Waals surface area (Å²) in [6.45, 7) is 0. The molecule has 0 saturated heterocycles. The lowest BCUT2D eigenvalue weighted by Gasteiger charge is -2.13. The average Bonchev–Trinajstić information content (AvgIpc) is 3.82. The number of para-hydroxylation sites is 2. The predicted molar refractivity (Wildman–Crippen MR) is 190 cm³/mol. The van der Waals surface area contributed by atoms with Gasteiger partial charge in [0.25, 0.3) is 0 Å². The maximum Gasteiger partial charge on any atom is 0.0971 e. The fourth-order valence-electron chi connectivity index (χ4n) is 8.67. The van der Waals surface area contributed by atoms with E-state index in [9.17, 15) is 0 Å². The fraction of sp³-hybridized carbons (Fsp3) is 0. The summed E-state index contributed by atoms with van der Waals surface area (Å²) in [5.74, 6) is 0. The zero-order valence-electron chi connectivity index (χ0n) is 24.5. The Kier molecular flexibility index (Phi) is 3.96. The largest absolute Gasteiger partial charge is 0.309 e. The molecule has 0 aliphatic heterocycles. The molecule has 1 aliphatic rings. The molecule has 4 nitrogen and oxygen atoms in total. The van der Waals surface area contributed by atoms with Gasteiger partial charge in [-0.3, -0.25) is 9.97 Å². The highest BCUT2D eigenvalue weighted by molar-refractivity contribution is 6.36. The lowest BCUT2D eigenvalue weighted by molar-refractivity contribution is 1.20. The van der Waals surface area contributed by atoms with Crippen molar-refractivity contribution >= 4 is 81.4 Å². The molecule has 12 rings (SSSR count). The van der Waals surface area contributed by atoms with Crippen LogP contribution in [-0.2, 0) is 0 Å². The molecular weight excluding hydrogens is 560 g/mol. The van der Waals surface area contributed by atoms with Crippen molar-refractivity contribution in [3.63, 3.8) is 0 Å². The number of aromatic nitrogens is 4. The standard InChI is InChI=1S/C42H22N4/c1-2-9-24-21-35-31(20-23(24)8-1)38-36(22-30-25-10-3-5-14-32(25)46-33-15-6-4-11-27(33)39(38)42(30)46)45(35)34-17-16-29-37-26(34)12-7-13-28(37)40-41(29)44-19-18-43-40/h1-22H. The van der Waals surface area contributed by atoms with E-state index >= 15 is 0 Å². The topological polar surface area (TPSA) is 35.1 Å². The van der Waals surface area contributed by atoms with Crippen LogP contribution in [0.1, 0.15) is 0 Å². The van der Waals surface area contributed by atoms with E-state index in [1.807, 2.05) is 0 Å². The van der Waals surface area contributed by atoms with Gasteiger partial charge in [0.2, 0.25) is 0 Å². The van der Waals surface area contributed by atoms with Gasteiger partial charge in [0.15, 0.2) is 0 Å². The summed E-state index contributed by atoms with van der Waals surface area (Å²) in [4.78, 5) is 9.52. The Morgan fingerprint density at radius 1 is 0.413 bits per heavy atom. The molecule has 210 valence electrons. The maximum atomic E-state index is 4.76. The predicted octanol–water partition coefficient (Wildman–Crippen LogP) is 10.7. The molecule has 0 radical (unpaired) electrons. The van der Waals surface area contributed by atoms with Crippen LogP contribution < -0.4 is 0 Å². The third kappa shape index (κ3) is 2.57. The highest BCUT2D eigenvalue weighted by atomic mass is 15.0. The molecule has 11 aromatic rings. The van der Waals surface area contributed by atoms with Gasteiger partial charge in [-0.2, -0.15) is 0 Å². The number of benzene rings is 7. The van der Waals surface area contributed by atoms with Crippen LogP contribution in [0.5, 0.6) is 0 Å². The normalized spacial score (nSPS) is 12.8. The SMILES string of the molecule is c1ccc2cc3c(cc2c1)c1c2c4ccccc4n4c5ccccc5c(cc1n3-c1ccc3c5c(cccc15)-c1nccnc1-3)c24. The summed E-state index contributed by atoms with van der Waals surface area (Å²) in [5.41, 5.74) is 11.6. The van der Waals surface area contributed by atoms with Gasteiger partial charge >= 0.3 is 0 Å². The Labute approximate surface area is 261 Å². The first kappa shape index (κ1) is 23.2. The molecule has 0 N–H and O–H groups in total. The monoisotopic (exact) mass is 582 g/mol. The molecule has 4 heteroatoms. The van der Waals surface area contributed by atoms with Crippen molar-refractivity contribution in [1.29, 1.82) is 0 Å². The van der Waals surface area contributed by atoms with Crippen LogP contribution in [0.3, 0.4) is 0 Å². The van der Waals surface area contributed by atoms with Gasteiger partial charge in [-0.1, -0.05) is 78.9 Å².